The van der Waals surface area contributed by atoms with Gasteiger partial charge in [-0.3, -0.25) is 14.4 Å². The number of piperidine rings is 1. The standard InChI is InChI=1S/C39H41F4N7O5/c1-2-12-44-35(51)16-24-10-13-48-20-27(24)11-14-54-36-18-28(39(41,42)43)17-33(45-36)25-4-3-5-26(15-25)37(52)49-22-32(19-34(49)38(48)53)55-23-30-21-50(47-46-30)31-8-6-29(40)7-9-31/h3-9,15,17-18,21,24,27,32,34H,2,10-14,16,19-20,22-23H2,1H3,(H,44,51)/t24-,27-,32+,34-/m0/s1. The molecule has 3 aliphatic rings. The molecule has 0 unspecified atom stereocenters. The number of hydrogen-bond acceptors (Lipinski definition) is 8. The van der Waals surface area contributed by atoms with Gasteiger partial charge in [-0.2, -0.15) is 13.2 Å². The summed E-state index contributed by atoms with van der Waals surface area (Å²) in [6, 6.07) is 12.8. The Kier molecular flexibility index (Phi) is 11.1. The highest BCUT2D eigenvalue weighted by molar-refractivity contribution is 5.99. The van der Waals surface area contributed by atoms with Gasteiger partial charge < -0.3 is 24.6 Å². The minimum atomic E-state index is -4.68. The van der Waals surface area contributed by atoms with E-state index in [1.807, 2.05) is 6.92 Å². The van der Waals surface area contributed by atoms with Crippen LogP contribution in [0.25, 0.3) is 16.9 Å². The van der Waals surface area contributed by atoms with Crippen molar-refractivity contribution < 1.29 is 41.4 Å². The van der Waals surface area contributed by atoms with Gasteiger partial charge in [-0.05, 0) is 73.6 Å². The molecule has 1 N–H and O–H groups in total. The quantitative estimate of drug-likeness (QED) is 0.235. The highest BCUT2D eigenvalue weighted by Gasteiger charge is 2.44. The van der Waals surface area contributed by atoms with Crippen molar-refractivity contribution in [1.29, 1.82) is 0 Å². The Balaban J connectivity index is 1.18. The maximum Gasteiger partial charge on any atom is 0.416 e. The first-order chi connectivity index (χ1) is 26.4. The highest BCUT2D eigenvalue weighted by atomic mass is 19.4. The van der Waals surface area contributed by atoms with Gasteiger partial charge in [0.25, 0.3) is 5.91 Å². The summed E-state index contributed by atoms with van der Waals surface area (Å²) in [7, 11) is 0. The second-order valence-electron chi connectivity index (χ2n) is 14.2. The van der Waals surface area contributed by atoms with E-state index < -0.39 is 29.8 Å². The summed E-state index contributed by atoms with van der Waals surface area (Å²) in [5, 5.41) is 11.2. The number of alkyl halides is 3. The number of amides is 3. The molecule has 0 aliphatic carbocycles. The number of carbonyl (C=O) groups is 3. The number of nitrogens with one attached hydrogen (secondary N) is 1. The van der Waals surface area contributed by atoms with Crippen molar-refractivity contribution in [1.82, 2.24) is 35.1 Å². The fourth-order valence-corrected chi connectivity index (χ4v) is 7.51. The molecule has 2 saturated heterocycles. The smallest absolute Gasteiger partial charge is 0.416 e. The van der Waals surface area contributed by atoms with Crippen molar-refractivity contribution in [3.05, 3.63) is 89.5 Å². The van der Waals surface area contributed by atoms with Crippen molar-refractivity contribution in [3.63, 3.8) is 0 Å². The lowest BCUT2D eigenvalue weighted by molar-refractivity contribution is -0.139. The van der Waals surface area contributed by atoms with Crippen molar-refractivity contribution in [2.45, 2.75) is 64.0 Å². The van der Waals surface area contributed by atoms with Gasteiger partial charge in [-0.15, -0.1) is 5.10 Å². The Labute approximate surface area is 314 Å². The molecule has 4 atom stereocenters. The SMILES string of the molecule is CCCNC(=O)C[C@@H]1CCN2C[C@@H]1CCOc1cc(C(F)(F)F)cc(n1)-c1cccc(c1)C(=O)N1C[C@H](OCc3cn(-c4ccc(F)cc4)nn3)C[C@H]1C2=O. The molecule has 16 heteroatoms. The molecule has 0 spiro atoms. The maximum absolute atomic E-state index is 14.4. The van der Waals surface area contributed by atoms with Crippen molar-refractivity contribution in [3.8, 4) is 22.8 Å². The van der Waals surface area contributed by atoms with Crippen LogP contribution in [0, 0.1) is 17.7 Å². The number of halogens is 4. The number of pyridine rings is 1. The predicted molar refractivity (Wildman–Crippen MR) is 190 cm³/mol. The Morgan fingerprint density at radius 3 is 2.62 bits per heavy atom. The van der Waals surface area contributed by atoms with Gasteiger partial charge in [0.05, 0.1) is 42.5 Å². The van der Waals surface area contributed by atoms with Crippen LogP contribution in [0.2, 0.25) is 0 Å². The topological polar surface area (TPSA) is 132 Å². The van der Waals surface area contributed by atoms with E-state index in [2.05, 4.69) is 20.6 Å². The van der Waals surface area contributed by atoms with Crippen molar-refractivity contribution in [2.75, 3.05) is 32.8 Å². The summed E-state index contributed by atoms with van der Waals surface area (Å²) >= 11 is 0. The molecule has 55 heavy (non-hydrogen) atoms. The number of hydrogen-bond donors (Lipinski definition) is 1. The van der Waals surface area contributed by atoms with E-state index in [9.17, 15) is 31.9 Å². The summed E-state index contributed by atoms with van der Waals surface area (Å²) in [5.41, 5.74) is 0.562. The van der Waals surface area contributed by atoms with E-state index in [-0.39, 0.29) is 91.3 Å². The van der Waals surface area contributed by atoms with E-state index in [1.54, 1.807) is 41.4 Å². The number of benzene rings is 2. The lowest BCUT2D eigenvalue weighted by atomic mass is 9.81. The zero-order valence-corrected chi connectivity index (χ0v) is 30.2. The molecule has 0 radical (unpaired) electrons. The van der Waals surface area contributed by atoms with Gasteiger partial charge in [-0.25, -0.2) is 14.1 Å². The molecule has 4 aromatic rings. The molecule has 3 aliphatic heterocycles. The zero-order chi connectivity index (χ0) is 38.7. The van der Waals surface area contributed by atoms with Crippen LogP contribution in [-0.4, -0.2) is 92.4 Å². The van der Waals surface area contributed by atoms with Crippen LogP contribution < -0.4 is 10.1 Å². The monoisotopic (exact) mass is 763 g/mol. The van der Waals surface area contributed by atoms with Crippen molar-refractivity contribution in [2.24, 2.45) is 11.8 Å². The van der Waals surface area contributed by atoms with E-state index in [0.29, 0.717) is 37.3 Å². The van der Waals surface area contributed by atoms with Crippen LogP contribution in [0.3, 0.4) is 0 Å². The minimum Gasteiger partial charge on any atom is -0.478 e. The number of fused-ring (bicyclic) bond motifs is 8. The Morgan fingerprint density at radius 2 is 1.84 bits per heavy atom. The van der Waals surface area contributed by atoms with Crippen LogP contribution in [-0.2, 0) is 27.1 Å². The number of rotatable bonds is 8. The normalized spacial score (nSPS) is 21.6. The summed E-state index contributed by atoms with van der Waals surface area (Å²) < 4.78 is 69.2. The average Bonchev–Trinajstić information content (AvgIpc) is 3.84. The van der Waals surface area contributed by atoms with E-state index in [1.165, 1.54) is 27.8 Å². The molecule has 2 fully saturated rings. The largest absolute Gasteiger partial charge is 0.478 e. The predicted octanol–water partition coefficient (Wildman–Crippen LogP) is 5.45. The van der Waals surface area contributed by atoms with Gasteiger partial charge >= 0.3 is 6.18 Å². The van der Waals surface area contributed by atoms with E-state index >= 15 is 0 Å². The molecule has 2 aromatic carbocycles. The lowest BCUT2D eigenvalue weighted by Crippen LogP contribution is -2.52. The molecule has 290 valence electrons. The minimum absolute atomic E-state index is 0.0172. The first kappa shape index (κ1) is 37.9. The van der Waals surface area contributed by atoms with E-state index in [0.717, 1.165) is 18.6 Å². The van der Waals surface area contributed by atoms with Crippen molar-refractivity contribution >= 4 is 17.7 Å². The van der Waals surface area contributed by atoms with E-state index in [4.69, 9.17) is 9.47 Å². The second kappa shape index (κ2) is 16.2. The Bertz CT molecular complexity index is 2020. The van der Waals surface area contributed by atoms with Crippen LogP contribution in [0.1, 0.15) is 60.6 Å². The number of nitrogens with zero attached hydrogens (tertiary/aromatic N) is 6. The Morgan fingerprint density at radius 1 is 1.04 bits per heavy atom. The molecular weight excluding hydrogens is 722 g/mol. The summed E-state index contributed by atoms with van der Waals surface area (Å²) in [6.45, 7) is 3.26. The summed E-state index contributed by atoms with van der Waals surface area (Å²) in [5.74, 6) is -1.74. The first-order valence-corrected chi connectivity index (χ1v) is 18.4. The molecule has 3 amide bonds. The van der Waals surface area contributed by atoms with Crippen LogP contribution in [0.15, 0.2) is 66.9 Å². The fourth-order valence-electron chi connectivity index (χ4n) is 7.51. The lowest BCUT2D eigenvalue weighted by Gasteiger charge is -2.40. The maximum atomic E-state index is 14.4. The third-order valence-corrected chi connectivity index (χ3v) is 10.4. The molecule has 6 bridgehead atoms. The molecular formula is C39H41F4N7O5. The fraction of sp³-hybridized carbons (Fsp3) is 0.436. The average molecular weight is 764 g/mol. The Hall–Kier alpha value is -5.38. The summed E-state index contributed by atoms with van der Waals surface area (Å²) in [4.78, 5) is 49.1. The summed E-state index contributed by atoms with van der Waals surface area (Å²) in [6.07, 6.45) is -1.50. The van der Waals surface area contributed by atoms with Crippen LogP contribution >= 0.6 is 0 Å². The third-order valence-electron chi connectivity index (χ3n) is 10.4. The van der Waals surface area contributed by atoms with Crippen LogP contribution in [0.5, 0.6) is 5.88 Å². The van der Waals surface area contributed by atoms with Crippen LogP contribution in [0.4, 0.5) is 17.6 Å². The third kappa shape index (κ3) is 8.79. The van der Waals surface area contributed by atoms with Gasteiger partial charge in [0.1, 0.15) is 17.6 Å². The number of carbonyl (C=O) groups excluding carboxylic acids is 3. The van der Waals surface area contributed by atoms with Gasteiger partial charge in [-0.1, -0.05) is 24.3 Å². The second-order valence-corrected chi connectivity index (χ2v) is 14.2. The highest BCUT2D eigenvalue weighted by Crippen LogP contribution is 2.36. The number of aromatic nitrogens is 4. The molecule has 12 nitrogen and oxygen atoms in total. The number of ether oxygens (including phenoxy) is 2. The molecule has 2 aromatic heterocycles. The molecule has 0 saturated carbocycles. The van der Waals surface area contributed by atoms with Gasteiger partial charge in [0, 0.05) is 56.2 Å². The van der Waals surface area contributed by atoms with Gasteiger partial charge in [0.2, 0.25) is 17.7 Å². The van der Waals surface area contributed by atoms with Gasteiger partial charge in [0.15, 0.2) is 0 Å². The molecule has 7 rings (SSSR count). The first-order valence-electron chi connectivity index (χ1n) is 18.4. The molecule has 5 heterocycles. The zero-order valence-electron chi connectivity index (χ0n) is 30.2.